The van der Waals surface area contributed by atoms with Gasteiger partial charge in [-0.2, -0.15) is 17.4 Å². The number of anilines is 1. The largest absolute Gasteiger partial charge is 0.480 e. The summed E-state index contributed by atoms with van der Waals surface area (Å²) in [5.74, 6) is 3.21. The molecule has 1 amide bonds. The predicted molar refractivity (Wildman–Crippen MR) is 156 cm³/mol. The lowest BCUT2D eigenvalue weighted by molar-refractivity contribution is -0.140. The van der Waals surface area contributed by atoms with Gasteiger partial charge in [-0.3, -0.25) is 14.6 Å². The average Bonchev–Trinajstić information content (AvgIpc) is 2.99. The molecule has 10 nitrogen and oxygen atoms in total. The van der Waals surface area contributed by atoms with E-state index in [1.807, 2.05) is 29.2 Å². The summed E-state index contributed by atoms with van der Waals surface area (Å²) in [7, 11) is -3.94. The molecule has 42 heavy (non-hydrogen) atoms. The van der Waals surface area contributed by atoms with Gasteiger partial charge in [-0.25, -0.2) is 4.39 Å². The van der Waals surface area contributed by atoms with E-state index < -0.39 is 39.9 Å². The fourth-order valence-electron chi connectivity index (χ4n) is 4.35. The van der Waals surface area contributed by atoms with E-state index >= 15 is 0 Å². The van der Waals surface area contributed by atoms with Crippen molar-refractivity contribution in [2.75, 3.05) is 31.1 Å². The Kier molecular flexibility index (Phi) is 9.90. The van der Waals surface area contributed by atoms with Gasteiger partial charge >= 0.3 is 5.97 Å². The number of carboxylic acid groups (broad SMARTS) is 1. The number of amides is 1. The van der Waals surface area contributed by atoms with Gasteiger partial charge < -0.3 is 15.3 Å². The second-order valence-electron chi connectivity index (χ2n) is 10.1. The van der Waals surface area contributed by atoms with Crippen LogP contribution < -0.4 is 14.9 Å². The summed E-state index contributed by atoms with van der Waals surface area (Å²) in [6.07, 6.45) is 3.23. The number of hydrogen-bond acceptors (Lipinski definition) is 6. The minimum absolute atomic E-state index is 0.0924. The summed E-state index contributed by atoms with van der Waals surface area (Å²) in [6, 6.07) is 13.9. The van der Waals surface area contributed by atoms with E-state index in [0.717, 1.165) is 11.3 Å². The molecule has 1 fully saturated rings. The number of benzene rings is 2. The third-order valence-corrected chi connectivity index (χ3v) is 8.38. The second kappa shape index (κ2) is 13.6. The van der Waals surface area contributed by atoms with Gasteiger partial charge in [-0.1, -0.05) is 25.7 Å². The summed E-state index contributed by atoms with van der Waals surface area (Å²) in [6.45, 7) is 4.84. The minimum atomic E-state index is -3.94. The number of rotatable bonds is 9. The molecule has 1 aliphatic heterocycles. The standard InChI is InChI=1S/C30H32FN5O5S/c1-21(2)28(30(38)39)34-42(40,41)36-17-15-35(16-18-36)25-8-5-22(6-9-25)3-4-23-7-10-27(31)26(19-23)29(37)33-20-24-11-13-32-14-12-24/h5-14,19,21,28,34H,15-18,20H2,1-2H3,(H,33,37)(H,38,39)/t28-/m1/s1. The first kappa shape index (κ1) is 30.6. The summed E-state index contributed by atoms with van der Waals surface area (Å²) in [4.78, 5) is 29.9. The molecule has 2 aromatic carbocycles. The Morgan fingerprint density at radius 3 is 2.21 bits per heavy atom. The molecule has 0 aliphatic carbocycles. The van der Waals surface area contributed by atoms with Gasteiger partial charge in [0.1, 0.15) is 11.9 Å². The fraction of sp³-hybridized carbons (Fsp3) is 0.300. The topological polar surface area (TPSA) is 132 Å². The molecule has 0 bridgehead atoms. The Balaban J connectivity index is 1.35. The van der Waals surface area contributed by atoms with E-state index in [1.165, 1.54) is 22.5 Å². The molecule has 0 radical (unpaired) electrons. The second-order valence-corrected chi connectivity index (χ2v) is 11.8. The predicted octanol–water partition coefficient (Wildman–Crippen LogP) is 2.62. The Morgan fingerprint density at radius 2 is 1.60 bits per heavy atom. The number of carbonyl (C=O) groups is 2. The summed E-state index contributed by atoms with van der Waals surface area (Å²) < 4.78 is 43.4. The number of pyridine rings is 1. The number of piperazine rings is 1. The van der Waals surface area contributed by atoms with E-state index in [0.29, 0.717) is 24.2 Å². The average molecular weight is 594 g/mol. The van der Waals surface area contributed by atoms with Crippen LogP contribution in [0.3, 0.4) is 0 Å². The van der Waals surface area contributed by atoms with Crippen LogP contribution in [0.2, 0.25) is 0 Å². The van der Waals surface area contributed by atoms with Crippen molar-refractivity contribution in [3.63, 3.8) is 0 Å². The van der Waals surface area contributed by atoms with E-state index in [9.17, 15) is 27.5 Å². The minimum Gasteiger partial charge on any atom is -0.480 e. The zero-order chi connectivity index (χ0) is 30.3. The molecule has 4 rings (SSSR count). The SMILES string of the molecule is CC(C)[C@@H](NS(=O)(=O)N1CCN(c2ccc(C#Cc3ccc(F)c(C(=O)NCc4ccncc4)c3)cc2)CC1)C(=O)O. The van der Waals surface area contributed by atoms with Crippen LogP contribution in [0.25, 0.3) is 0 Å². The van der Waals surface area contributed by atoms with Crippen molar-refractivity contribution in [2.24, 2.45) is 5.92 Å². The highest BCUT2D eigenvalue weighted by atomic mass is 32.2. The van der Waals surface area contributed by atoms with Crippen LogP contribution in [0.5, 0.6) is 0 Å². The number of nitrogens with zero attached hydrogens (tertiary/aromatic N) is 3. The van der Waals surface area contributed by atoms with Gasteiger partial charge in [-0.15, -0.1) is 0 Å². The van der Waals surface area contributed by atoms with Gasteiger partial charge in [0.05, 0.1) is 5.56 Å². The first-order valence-corrected chi connectivity index (χ1v) is 14.8. The number of carboxylic acids is 1. The number of hydrogen-bond donors (Lipinski definition) is 3. The van der Waals surface area contributed by atoms with Crippen LogP contribution in [0, 0.1) is 23.6 Å². The number of halogens is 1. The van der Waals surface area contributed by atoms with Crippen LogP contribution in [-0.4, -0.2) is 66.9 Å². The lowest BCUT2D eigenvalue weighted by atomic mass is 10.1. The number of aliphatic carboxylic acids is 1. The van der Waals surface area contributed by atoms with Crippen molar-refractivity contribution in [3.8, 4) is 11.8 Å². The van der Waals surface area contributed by atoms with Crippen molar-refractivity contribution < 1.29 is 27.5 Å². The van der Waals surface area contributed by atoms with Gasteiger partial charge in [0.25, 0.3) is 16.1 Å². The molecule has 1 saturated heterocycles. The maximum atomic E-state index is 14.4. The monoisotopic (exact) mass is 593 g/mol. The quantitative estimate of drug-likeness (QED) is 0.325. The lowest BCUT2D eigenvalue weighted by Crippen LogP contribution is -2.55. The Morgan fingerprint density at radius 1 is 0.976 bits per heavy atom. The molecule has 0 saturated carbocycles. The molecular weight excluding hydrogens is 561 g/mol. The molecule has 1 aromatic heterocycles. The maximum absolute atomic E-state index is 14.4. The molecule has 12 heteroatoms. The van der Waals surface area contributed by atoms with Gasteiger partial charge in [-0.05, 0) is 66.1 Å². The van der Waals surface area contributed by atoms with E-state index in [-0.39, 0.29) is 25.2 Å². The molecule has 3 aromatic rings. The Bertz CT molecular complexity index is 1580. The third kappa shape index (κ3) is 7.91. The van der Waals surface area contributed by atoms with Gasteiger partial charge in [0.2, 0.25) is 0 Å². The molecule has 220 valence electrons. The number of aromatic nitrogens is 1. The van der Waals surface area contributed by atoms with Crippen molar-refractivity contribution in [1.29, 1.82) is 0 Å². The summed E-state index contributed by atoms with van der Waals surface area (Å²) >= 11 is 0. The van der Waals surface area contributed by atoms with Crippen molar-refractivity contribution in [3.05, 3.63) is 95.1 Å². The fourth-order valence-corrected chi connectivity index (χ4v) is 5.84. The normalized spacial score (nSPS) is 14.6. The zero-order valence-corrected chi connectivity index (χ0v) is 24.1. The molecule has 0 unspecified atom stereocenters. The number of nitrogens with one attached hydrogen (secondary N) is 2. The van der Waals surface area contributed by atoms with Crippen molar-refractivity contribution in [1.82, 2.24) is 19.3 Å². The molecule has 3 N–H and O–H groups in total. The molecule has 1 aliphatic rings. The highest BCUT2D eigenvalue weighted by Crippen LogP contribution is 2.19. The maximum Gasteiger partial charge on any atom is 0.322 e. The van der Waals surface area contributed by atoms with Crippen LogP contribution in [0.1, 0.15) is 40.9 Å². The van der Waals surface area contributed by atoms with Crippen LogP contribution in [0.4, 0.5) is 10.1 Å². The van der Waals surface area contributed by atoms with Crippen molar-refractivity contribution >= 4 is 27.8 Å². The van der Waals surface area contributed by atoms with E-state index in [1.54, 1.807) is 38.4 Å². The first-order valence-electron chi connectivity index (χ1n) is 13.4. The van der Waals surface area contributed by atoms with Crippen LogP contribution in [0.15, 0.2) is 67.0 Å². The highest BCUT2D eigenvalue weighted by molar-refractivity contribution is 7.87. The highest BCUT2D eigenvalue weighted by Gasteiger charge is 2.33. The van der Waals surface area contributed by atoms with E-state index in [2.05, 4.69) is 26.9 Å². The van der Waals surface area contributed by atoms with Crippen LogP contribution in [-0.2, 0) is 21.5 Å². The first-order chi connectivity index (χ1) is 20.0. The Hall–Kier alpha value is -4.31. The molecule has 0 spiro atoms. The molecular formula is C30H32FN5O5S. The van der Waals surface area contributed by atoms with Gasteiger partial charge in [0.15, 0.2) is 0 Å². The van der Waals surface area contributed by atoms with Crippen molar-refractivity contribution in [2.45, 2.75) is 26.4 Å². The molecule has 2 heterocycles. The smallest absolute Gasteiger partial charge is 0.322 e. The van der Waals surface area contributed by atoms with E-state index in [4.69, 9.17) is 0 Å². The number of carbonyl (C=O) groups excluding carboxylic acids is 1. The zero-order valence-electron chi connectivity index (χ0n) is 23.2. The van der Waals surface area contributed by atoms with Gasteiger partial charge in [0, 0.05) is 61.9 Å². The summed E-state index contributed by atoms with van der Waals surface area (Å²) in [5.41, 5.74) is 2.85. The molecule has 1 atom stereocenters. The summed E-state index contributed by atoms with van der Waals surface area (Å²) in [5, 5.41) is 12.0. The van der Waals surface area contributed by atoms with Crippen LogP contribution >= 0.6 is 0 Å². The Labute approximate surface area is 244 Å². The third-order valence-electron chi connectivity index (χ3n) is 6.78. The lowest BCUT2D eigenvalue weighted by Gasteiger charge is -2.36.